The average Bonchev–Trinajstić information content (AvgIpc) is 2.82. The standard InChI is InChI=1S/C18H26FN3O2/c1-14-17(20-7-12-24-14)18(23)22-9-2-8-21(10-11-22)13-15-3-5-16(19)6-4-15/h3-6,14,17,20H,2,7-13H2,1H3/t14-,17+/m1/s1. The monoisotopic (exact) mass is 335 g/mol. The maximum Gasteiger partial charge on any atom is 0.242 e. The fourth-order valence-corrected chi connectivity index (χ4v) is 3.40. The van der Waals surface area contributed by atoms with Crippen molar-refractivity contribution in [3.63, 3.8) is 0 Å². The van der Waals surface area contributed by atoms with E-state index < -0.39 is 0 Å². The Hall–Kier alpha value is -1.50. The molecule has 0 radical (unpaired) electrons. The van der Waals surface area contributed by atoms with Gasteiger partial charge in [-0.15, -0.1) is 0 Å². The Bertz CT molecular complexity index is 552. The van der Waals surface area contributed by atoms with Gasteiger partial charge in [0.2, 0.25) is 5.91 Å². The van der Waals surface area contributed by atoms with Gasteiger partial charge in [-0.1, -0.05) is 12.1 Å². The molecule has 0 saturated carbocycles. The van der Waals surface area contributed by atoms with Gasteiger partial charge in [0.15, 0.2) is 0 Å². The zero-order chi connectivity index (χ0) is 16.9. The molecule has 1 N–H and O–H groups in total. The molecule has 0 unspecified atom stereocenters. The third-order valence-electron chi connectivity index (χ3n) is 4.80. The molecule has 2 saturated heterocycles. The summed E-state index contributed by atoms with van der Waals surface area (Å²) in [6, 6.07) is 6.42. The first-order chi connectivity index (χ1) is 11.6. The van der Waals surface area contributed by atoms with Crippen molar-refractivity contribution in [2.45, 2.75) is 32.0 Å². The molecule has 132 valence electrons. The van der Waals surface area contributed by atoms with Crippen molar-refractivity contribution in [3.05, 3.63) is 35.6 Å². The number of ether oxygens (including phenoxy) is 1. The minimum Gasteiger partial charge on any atom is -0.375 e. The van der Waals surface area contributed by atoms with Crippen LogP contribution in [0.4, 0.5) is 4.39 Å². The van der Waals surface area contributed by atoms with E-state index in [0.29, 0.717) is 6.61 Å². The van der Waals surface area contributed by atoms with Crippen LogP contribution in [-0.2, 0) is 16.1 Å². The summed E-state index contributed by atoms with van der Waals surface area (Å²) in [7, 11) is 0. The van der Waals surface area contributed by atoms with Crippen molar-refractivity contribution >= 4 is 5.91 Å². The number of carbonyl (C=O) groups excluding carboxylic acids is 1. The Kier molecular flexibility index (Phi) is 5.81. The molecule has 2 atom stereocenters. The third kappa shape index (κ3) is 4.32. The number of benzene rings is 1. The number of carbonyl (C=O) groups is 1. The Morgan fingerprint density at radius 2 is 2.04 bits per heavy atom. The minimum absolute atomic E-state index is 0.0789. The van der Waals surface area contributed by atoms with E-state index in [1.807, 2.05) is 24.0 Å². The van der Waals surface area contributed by atoms with Crippen LogP contribution in [0.3, 0.4) is 0 Å². The molecule has 0 aromatic heterocycles. The average molecular weight is 335 g/mol. The van der Waals surface area contributed by atoms with Crippen LogP contribution < -0.4 is 5.32 Å². The van der Waals surface area contributed by atoms with Gasteiger partial charge in [0.25, 0.3) is 0 Å². The highest BCUT2D eigenvalue weighted by Gasteiger charge is 2.32. The van der Waals surface area contributed by atoms with Gasteiger partial charge < -0.3 is 15.0 Å². The van der Waals surface area contributed by atoms with Gasteiger partial charge in [-0.05, 0) is 31.0 Å². The van der Waals surface area contributed by atoms with Crippen LogP contribution in [-0.4, -0.2) is 67.2 Å². The van der Waals surface area contributed by atoms with Crippen LogP contribution in [0.15, 0.2) is 24.3 Å². The Labute approximate surface area is 142 Å². The fraction of sp³-hybridized carbons (Fsp3) is 0.611. The molecule has 3 rings (SSSR count). The quantitative estimate of drug-likeness (QED) is 0.903. The van der Waals surface area contributed by atoms with E-state index in [2.05, 4.69) is 10.2 Å². The number of morpholine rings is 1. The summed E-state index contributed by atoms with van der Waals surface area (Å²) in [5.41, 5.74) is 1.10. The number of rotatable bonds is 3. The van der Waals surface area contributed by atoms with E-state index in [9.17, 15) is 9.18 Å². The minimum atomic E-state index is -0.234. The first kappa shape index (κ1) is 17.3. The Morgan fingerprint density at radius 1 is 1.25 bits per heavy atom. The van der Waals surface area contributed by atoms with Crippen molar-refractivity contribution in [1.29, 1.82) is 0 Å². The molecule has 0 aliphatic carbocycles. The summed E-state index contributed by atoms with van der Waals surface area (Å²) in [6.07, 6.45) is 0.874. The lowest BCUT2D eigenvalue weighted by Crippen LogP contribution is -2.56. The Morgan fingerprint density at radius 3 is 2.79 bits per heavy atom. The molecule has 5 nitrogen and oxygen atoms in total. The van der Waals surface area contributed by atoms with Gasteiger partial charge in [0, 0.05) is 39.3 Å². The second kappa shape index (κ2) is 8.05. The van der Waals surface area contributed by atoms with Crippen LogP contribution >= 0.6 is 0 Å². The highest BCUT2D eigenvalue weighted by Crippen LogP contribution is 2.13. The summed E-state index contributed by atoms with van der Waals surface area (Å²) in [5.74, 6) is -0.0615. The van der Waals surface area contributed by atoms with E-state index in [0.717, 1.165) is 51.3 Å². The third-order valence-corrected chi connectivity index (χ3v) is 4.80. The largest absolute Gasteiger partial charge is 0.375 e. The smallest absolute Gasteiger partial charge is 0.242 e. The number of hydrogen-bond donors (Lipinski definition) is 1. The summed E-state index contributed by atoms with van der Waals surface area (Å²) < 4.78 is 18.6. The van der Waals surface area contributed by atoms with Crippen molar-refractivity contribution in [3.8, 4) is 0 Å². The van der Waals surface area contributed by atoms with Gasteiger partial charge in [0.1, 0.15) is 11.9 Å². The van der Waals surface area contributed by atoms with Gasteiger partial charge in [-0.2, -0.15) is 0 Å². The number of halogens is 1. The molecular weight excluding hydrogens is 309 g/mol. The number of hydrogen-bond acceptors (Lipinski definition) is 4. The number of nitrogens with one attached hydrogen (secondary N) is 1. The second-order valence-electron chi connectivity index (χ2n) is 6.59. The van der Waals surface area contributed by atoms with Crippen molar-refractivity contribution in [1.82, 2.24) is 15.1 Å². The number of nitrogens with zero attached hydrogens (tertiary/aromatic N) is 2. The summed E-state index contributed by atoms with van der Waals surface area (Å²) >= 11 is 0. The second-order valence-corrected chi connectivity index (χ2v) is 6.59. The molecular formula is C18H26FN3O2. The maximum atomic E-state index is 13.0. The van der Waals surface area contributed by atoms with Gasteiger partial charge in [-0.3, -0.25) is 9.69 Å². The normalized spacial score (nSPS) is 26.2. The molecule has 6 heteroatoms. The molecule has 1 amide bonds. The highest BCUT2D eigenvalue weighted by molar-refractivity contribution is 5.82. The molecule has 0 bridgehead atoms. The Balaban J connectivity index is 1.54. The van der Waals surface area contributed by atoms with Crippen LogP contribution in [0.5, 0.6) is 0 Å². The molecule has 2 heterocycles. The maximum absolute atomic E-state index is 13.0. The van der Waals surface area contributed by atoms with E-state index >= 15 is 0 Å². The van der Waals surface area contributed by atoms with Gasteiger partial charge in [0.05, 0.1) is 12.7 Å². The van der Waals surface area contributed by atoms with Gasteiger partial charge in [-0.25, -0.2) is 4.39 Å². The summed E-state index contributed by atoms with van der Waals surface area (Å²) in [6.45, 7) is 7.43. The van der Waals surface area contributed by atoms with Crippen LogP contribution in [0, 0.1) is 5.82 Å². The molecule has 0 spiro atoms. The fourth-order valence-electron chi connectivity index (χ4n) is 3.40. The first-order valence-corrected chi connectivity index (χ1v) is 8.74. The zero-order valence-electron chi connectivity index (χ0n) is 14.2. The van der Waals surface area contributed by atoms with E-state index in [4.69, 9.17) is 4.74 Å². The molecule has 24 heavy (non-hydrogen) atoms. The molecule has 2 aliphatic heterocycles. The summed E-state index contributed by atoms with van der Waals surface area (Å²) in [5, 5.41) is 3.28. The lowest BCUT2D eigenvalue weighted by atomic mass is 10.1. The zero-order valence-corrected chi connectivity index (χ0v) is 14.2. The van der Waals surface area contributed by atoms with E-state index in [1.54, 1.807) is 0 Å². The van der Waals surface area contributed by atoms with Crippen LogP contribution in [0.25, 0.3) is 0 Å². The predicted molar refractivity (Wildman–Crippen MR) is 90.1 cm³/mol. The van der Waals surface area contributed by atoms with E-state index in [-0.39, 0.29) is 23.9 Å². The van der Waals surface area contributed by atoms with Gasteiger partial charge >= 0.3 is 0 Å². The highest BCUT2D eigenvalue weighted by atomic mass is 19.1. The topological polar surface area (TPSA) is 44.8 Å². The van der Waals surface area contributed by atoms with Crippen LogP contribution in [0.2, 0.25) is 0 Å². The molecule has 2 aliphatic rings. The summed E-state index contributed by atoms with van der Waals surface area (Å²) in [4.78, 5) is 17.0. The van der Waals surface area contributed by atoms with E-state index in [1.165, 1.54) is 12.1 Å². The number of amides is 1. The SMILES string of the molecule is C[C@H]1OCCN[C@@H]1C(=O)N1CCCN(Cc2ccc(F)cc2)CC1. The molecule has 1 aromatic rings. The van der Waals surface area contributed by atoms with Crippen molar-refractivity contribution in [2.24, 2.45) is 0 Å². The lowest BCUT2D eigenvalue weighted by Gasteiger charge is -2.33. The van der Waals surface area contributed by atoms with Crippen LogP contribution in [0.1, 0.15) is 18.9 Å². The van der Waals surface area contributed by atoms with Crippen molar-refractivity contribution < 1.29 is 13.9 Å². The van der Waals surface area contributed by atoms with Crippen molar-refractivity contribution in [2.75, 3.05) is 39.3 Å². The predicted octanol–water partition coefficient (Wildman–Crippen LogP) is 1.24. The lowest BCUT2D eigenvalue weighted by molar-refractivity contribution is -0.139. The molecule has 1 aromatic carbocycles. The first-order valence-electron chi connectivity index (χ1n) is 8.74. The molecule has 2 fully saturated rings.